The van der Waals surface area contributed by atoms with Crippen molar-refractivity contribution in [2.75, 3.05) is 19.6 Å². The summed E-state index contributed by atoms with van der Waals surface area (Å²) in [4.78, 5) is 32.6. The second-order valence-electron chi connectivity index (χ2n) is 10.7. The summed E-state index contributed by atoms with van der Waals surface area (Å²) < 4.78 is 3.46. The first-order valence-electron chi connectivity index (χ1n) is 14.8. The van der Waals surface area contributed by atoms with Crippen LogP contribution >= 0.6 is 22.7 Å². The van der Waals surface area contributed by atoms with Crippen molar-refractivity contribution < 1.29 is 4.79 Å². The molecule has 0 saturated heterocycles. The molecule has 7 rings (SSSR count). The molecular weight excluding hydrogens is 603 g/mol. The summed E-state index contributed by atoms with van der Waals surface area (Å²) >= 11 is 3.28. The van der Waals surface area contributed by atoms with Crippen molar-refractivity contribution in [1.82, 2.24) is 44.4 Å². The smallest absolute Gasteiger partial charge is 0.251 e. The Balaban J connectivity index is 1.27. The zero-order chi connectivity index (χ0) is 30.9. The van der Waals surface area contributed by atoms with Gasteiger partial charge in [0, 0.05) is 42.7 Å². The molecule has 7 aromatic heterocycles. The number of likely N-dealkylation sites (N-methyl/N-ethyl adjacent to an activating group) is 1. The van der Waals surface area contributed by atoms with Gasteiger partial charge in [-0.3, -0.25) is 9.69 Å². The number of hydrogen-bond acceptors (Lipinski definition) is 9. The van der Waals surface area contributed by atoms with Gasteiger partial charge in [0.2, 0.25) is 0 Å². The highest BCUT2D eigenvalue weighted by Gasteiger charge is 2.19. The van der Waals surface area contributed by atoms with Crippen LogP contribution in [0.2, 0.25) is 0 Å². The van der Waals surface area contributed by atoms with Gasteiger partial charge in [0.15, 0.2) is 11.3 Å². The molecule has 1 amide bonds. The van der Waals surface area contributed by atoms with Gasteiger partial charge in [-0.2, -0.15) is 10.2 Å². The summed E-state index contributed by atoms with van der Waals surface area (Å²) in [7, 11) is 0. The van der Waals surface area contributed by atoms with Crippen molar-refractivity contribution in [2.45, 2.75) is 26.8 Å². The van der Waals surface area contributed by atoms with Crippen LogP contribution < -0.4 is 5.32 Å². The maximum atomic E-state index is 13.6. The average molecular weight is 634 g/mol. The Bertz CT molecular complexity index is 1960. The van der Waals surface area contributed by atoms with Gasteiger partial charge in [-0.05, 0) is 67.2 Å². The molecule has 1 atom stereocenters. The molecule has 0 spiro atoms. The summed E-state index contributed by atoms with van der Waals surface area (Å²) in [5.41, 5.74) is 5.97. The van der Waals surface area contributed by atoms with Gasteiger partial charge in [-0.25, -0.2) is 24.0 Å². The van der Waals surface area contributed by atoms with Crippen molar-refractivity contribution >= 4 is 39.9 Å². The van der Waals surface area contributed by atoms with Crippen molar-refractivity contribution in [3.05, 3.63) is 89.4 Å². The second-order valence-corrected chi connectivity index (χ2v) is 12.5. The highest BCUT2D eigenvalue weighted by Crippen LogP contribution is 2.28. The highest BCUT2D eigenvalue weighted by molar-refractivity contribution is 7.13. The number of amides is 1. The van der Waals surface area contributed by atoms with E-state index in [1.807, 2.05) is 71.7 Å². The molecule has 0 aliphatic heterocycles. The maximum Gasteiger partial charge on any atom is 0.251 e. The lowest BCUT2D eigenvalue weighted by atomic mass is 10.1. The van der Waals surface area contributed by atoms with E-state index in [0.717, 1.165) is 34.2 Å². The largest absolute Gasteiger partial charge is 0.350 e. The molecule has 12 heteroatoms. The fraction of sp³-hybridized carbons (Fsp3) is 0.212. The number of pyridine rings is 1. The lowest BCUT2D eigenvalue weighted by Gasteiger charge is -2.26. The quantitative estimate of drug-likeness (QED) is 0.185. The lowest BCUT2D eigenvalue weighted by Crippen LogP contribution is -2.42. The van der Waals surface area contributed by atoms with Crippen LogP contribution in [0.25, 0.3) is 55.2 Å². The Kier molecular flexibility index (Phi) is 7.92. The van der Waals surface area contributed by atoms with Crippen LogP contribution in [0, 0.1) is 0 Å². The minimum absolute atomic E-state index is 0.178. The van der Waals surface area contributed by atoms with Crippen LogP contribution in [0.15, 0.2) is 83.8 Å². The number of rotatable bonds is 10. The van der Waals surface area contributed by atoms with E-state index in [4.69, 9.17) is 25.1 Å². The summed E-state index contributed by atoms with van der Waals surface area (Å²) in [6, 6.07) is 19.6. The number of carbonyl (C=O) groups is 1. The molecule has 0 unspecified atom stereocenters. The van der Waals surface area contributed by atoms with Crippen LogP contribution in [0.5, 0.6) is 0 Å². The molecule has 7 heterocycles. The second kappa shape index (κ2) is 12.3. The normalized spacial score (nSPS) is 12.4. The molecule has 0 aliphatic rings. The van der Waals surface area contributed by atoms with Gasteiger partial charge in [-0.15, -0.1) is 22.7 Å². The number of thiophene rings is 2. The van der Waals surface area contributed by atoms with Crippen LogP contribution in [0.4, 0.5) is 0 Å². The Hall–Kier alpha value is -4.78. The highest BCUT2D eigenvalue weighted by atomic mass is 32.1. The van der Waals surface area contributed by atoms with E-state index < -0.39 is 0 Å². The maximum absolute atomic E-state index is 13.6. The number of fused-ring (bicyclic) bond motifs is 2. The van der Waals surface area contributed by atoms with E-state index in [1.165, 1.54) is 0 Å². The third kappa shape index (κ3) is 5.87. The Morgan fingerprint density at radius 1 is 0.756 bits per heavy atom. The molecule has 1 N–H and O–H groups in total. The lowest BCUT2D eigenvalue weighted by molar-refractivity contribution is 0.0938. The average Bonchev–Trinajstić information content (AvgIpc) is 3.90. The molecule has 0 radical (unpaired) electrons. The monoisotopic (exact) mass is 633 g/mol. The number of nitrogens with one attached hydrogen (secondary N) is 1. The van der Waals surface area contributed by atoms with Crippen molar-refractivity contribution in [2.24, 2.45) is 0 Å². The summed E-state index contributed by atoms with van der Waals surface area (Å²) in [5, 5.41) is 16.7. The third-order valence-electron chi connectivity index (χ3n) is 7.80. The van der Waals surface area contributed by atoms with E-state index in [2.05, 4.69) is 31.0 Å². The van der Waals surface area contributed by atoms with Gasteiger partial charge < -0.3 is 5.32 Å². The Labute approximate surface area is 268 Å². The molecule has 0 bridgehead atoms. The molecule has 0 aromatic carbocycles. The van der Waals surface area contributed by atoms with Gasteiger partial charge >= 0.3 is 0 Å². The molecule has 0 saturated carbocycles. The molecule has 45 heavy (non-hydrogen) atoms. The first-order chi connectivity index (χ1) is 22.0. The van der Waals surface area contributed by atoms with E-state index in [9.17, 15) is 4.79 Å². The van der Waals surface area contributed by atoms with Crippen molar-refractivity contribution in [3.63, 3.8) is 0 Å². The number of aromatic nitrogens is 7. The molecule has 226 valence electrons. The zero-order valence-electron chi connectivity index (χ0n) is 25.1. The number of hydrogen-bond donors (Lipinski definition) is 1. The third-order valence-corrected chi connectivity index (χ3v) is 9.59. The van der Waals surface area contributed by atoms with Crippen LogP contribution in [0.1, 0.15) is 31.1 Å². The minimum atomic E-state index is -0.178. The summed E-state index contributed by atoms with van der Waals surface area (Å²) in [6.45, 7) is 8.75. The van der Waals surface area contributed by atoms with E-state index in [1.54, 1.807) is 43.8 Å². The Morgan fingerprint density at radius 3 is 1.76 bits per heavy atom. The SMILES string of the molecule is CCN(CC)[C@@H](C)CNC(=O)c1cc(-c2cc3nc(-c4cccs4)ccn3n2)nc(-c2cc3nc(-c4cccs4)ccn3n2)c1. The zero-order valence-corrected chi connectivity index (χ0v) is 26.7. The summed E-state index contributed by atoms with van der Waals surface area (Å²) in [5.74, 6) is -0.178. The fourth-order valence-corrected chi connectivity index (χ4v) is 6.77. The minimum Gasteiger partial charge on any atom is -0.350 e. The van der Waals surface area contributed by atoms with Gasteiger partial charge in [0.05, 0.1) is 32.5 Å². The van der Waals surface area contributed by atoms with Crippen molar-refractivity contribution in [3.8, 4) is 43.9 Å². The van der Waals surface area contributed by atoms with E-state index in [-0.39, 0.29) is 11.9 Å². The molecule has 0 fully saturated rings. The first-order valence-corrected chi connectivity index (χ1v) is 16.6. The van der Waals surface area contributed by atoms with Crippen molar-refractivity contribution in [1.29, 1.82) is 0 Å². The molecule has 10 nitrogen and oxygen atoms in total. The molecule has 0 aliphatic carbocycles. The molecular formula is C33H31N9OS2. The van der Waals surface area contributed by atoms with Gasteiger partial charge in [0.1, 0.15) is 11.4 Å². The number of carbonyl (C=O) groups excluding carboxylic acids is 1. The fourth-order valence-electron chi connectivity index (χ4n) is 5.38. The van der Waals surface area contributed by atoms with Crippen LogP contribution in [-0.4, -0.2) is 70.7 Å². The van der Waals surface area contributed by atoms with Gasteiger partial charge in [-0.1, -0.05) is 26.0 Å². The summed E-state index contributed by atoms with van der Waals surface area (Å²) in [6.07, 6.45) is 3.79. The Morgan fingerprint density at radius 2 is 1.29 bits per heavy atom. The van der Waals surface area contributed by atoms with Gasteiger partial charge in [0.25, 0.3) is 5.91 Å². The van der Waals surface area contributed by atoms with E-state index >= 15 is 0 Å². The topological polar surface area (TPSA) is 106 Å². The first kappa shape index (κ1) is 29.0. The predicted molar refractivity (Wildman–Crippen MR) is 180 cm³/mol. The number of nitrogens with zero attached hydrogens (tertiary/aromatic N) is 8. The van der Waals surface area contributed by atoms with Crippen LogP contribution in [0.3, 0.4) is 0 Å². The van der Waals surface area contributed by atoms with Crippen LogP contribution in [-0.2, 0) is 0 Å². The predicted octanol–water partition coefficient (Wildman–Crippen LogP) is 6.42. The standard InChI is InChI=1S/C33H31N9OS2/c1-4-40(5-2)21(3)20-34-33(43)22-16-25(27-18-31-36-23(10-12-41(31)38-27)29-8-6-14-44-29)35-26(17-22)28-19-32-37-24(11-13-42(32)39-28)30-9-7-15-45-30/h6-19,21H,4-5,20H2,1-3H3,(H,34,43)/t21-/m0/s1. The van der Waals surface area contributed by atoms with E-state index in [0.29, 0.717) is 46.2 Å². The molecule has 7 aromatic rings.